The van der Waals surface area contributed by atoms with Crippen molar-refractivity contribution >= 4 is 17.5 Å². The average Bonchev–Trinajstić information content (AvgIpc) is 2.07. The summed E-state index contributed by atoms with van der Waals surface area (Å²) in [4.78, 5) is 31.9. The van der Waals surface area contributed by atoms with E-state index < -0.39 is 5.97 Å². The number of carboxylic acid groups (broad SMARTS) is 1. The second-order valence-corrected chi connectivity index (χ2v) is 3.05. The molecular formula is C9H10O4. The Morgan fingerprint density at radius 1 is 1.38 bits per heavy atom. The Morgan fingerprint density at radius 3 is 2.62 bits per heavy atom. The largest absolute Gasteiger partial charge is 0.478 e. The van der Waals surface area contributed by atoms with E-state index in [0.717, 1.165) is 6.08 Å². The maximum Gasteiger partial charge on any atom is 0.327 e. The Kier molecular flexibility index (Phi) is 2.95. The highest BCUT2D eigenvalue weighted by molar-refractivity contribution is 6.37. The molecule has 0 aromatic heterocycles. The molecule has 1 atom stereocenters. The molecule has 0 aromatic carbocycles. The molecule has 4 heteroatoms. The predicted molar refractivity (Wildman–Crippen MR) is 44.1 cm³/mol. The van der Waals surface area contributed by atoms with Gasteiger partial charge in [-0.25, -0.2) is 4.79 Å². The Balaban J connectivity index is 2.51. The van der Waals surface area contributed by atoms with Crippen LogP contribution in [0.2, 0.25) is 0 Å². The molecule has 1 N–H and O–H groups in total. The summed E-state index contributed by atoms with van der Waals surface area (Å²) in [5, 5.41) is 8.32. The van der Waals surface area contributed by atoms with E-state index in [1.165, 1.54) is 6.08 Å². The van der Waals surface area contributed by atoms with Gasteiger partial charge in [-0.3, -0.25) is 9.59 Å². The minimum Gasteiger partial charge on any atom is -0.478 e. The lowest BCUT2D eigenvalue weighted by Crippen LogP contribution is -2.23. The first kappa shape index (κ1) is 9.64. The van der Waals surface area contributed by atoms with E-state index in [0.29, 0.717) is 6.42 Å². The number of rotatable bonds is 2. The zero-order valence-corrected chi connectivity index (χ0v) is 7.03. The molecule has 0 aliphatic heterocycles. The van der Waals surface area contributed by atoms with Crippen LogP contribution >= 0.6 is 0 Å². The second-order valence-electron chi connectivity index (χ2n) is 3.05. The summed E-state index contributed by atoms with van der Waals surface area (Å²) < 4.78 is 0. The summed E-state index contributed by atoms with van der Waals surface area (Å²) >= 11 is 0. The van der Waals surface area contributed by atoms with Gasteiger partial charge in [-0.05, 0) is 12.3 Å². The predicted octanol–water partition coefficient (Wildman–Crippen LogP) is 0.565. The molecule has 1 saturated carbocycles. The standard InChI is InChI=1S/C9H10O4/c10-7-3-1-6(5-8(7)11)2-4-9(12)13/h2,4,6H,1,3,5H2,(H,12,13). The van der Waals surface area contributed by atoms with Crippen LogP contribution in [0, 0.1) is 5.92 Å². The Morgan fingerprint density at radius 2 is 2.08 bits per heavy atom. The zero-order chi connectivity index (χ0) is 9.84. The molecule has 1 rings (SSSR count). The van der Waals surface area contributed by atoms with Gasteiger partial charge in [-0.2, -0.15) is 0 Å². The number of Topliss-reactive ketones (excluding diaryl/α,β-unsaturated/α-hetero) is 2. The Bertz CT molecular complexity index is 277. The molecule has 0 radical (unpaired) electrons. The molecule has 1 aliphatic carbocycles. The molecule has 0 saturated heterocycles. The third-order valence-electron chi connectivity index (χ3n) is 2.01. The van der Waals surface area contributed by atoms with Crippen molar-refractivity contribution in [2.75, 3.05) is 0 Å². The molecule has 13 heavy (non-hydrogen) atoms. The maximum absolute atomic E-state index is 10.9. The van der Waals surface area contributed by atoms with Crippen LogP contribution in [-0.4, -0.2) is 22.6 Å². The first-order valence-corrected chi connectivity index (χ1v) is 4.06. The van der Waals surface area contributed by atoms with Gasteiger partial charge in [0.1, 0.15) is 0 Å². The van der Waals surface area contributed by atoms with Gasteiger partial charge in [0.05, 0.1) is 0 Å². The fourth-order valence-electron chi connectivity index (χ4n) is 1.29. The molecule has 0 aromatic rings. The number of hydrogen-bond donors (Lipinski definition) is 1. The van der Waals surface area contributed by atoms with Crippen molar-refractivity contribution in [1.82, 2.24) is 0 Å². The molecule has 0 bridgehead atoms. The van der Waals surface area contributed by atoms with E-state index in [9.17, 15) is 14.4 Å². The number of allylic oxidation sites excluding steroid dienone is 1. The van der Waals surface area contributed by atoms with Crippen LogP contribution in [0.1, 0.15) is 19.3 Å². The Labute approximate surface area is 75.2 Å². The van der Waals surface area contributed by atoms with Gasteiger partial charge >= 0.3 is 5.97 Å². The van der Waals surface area contributed by atoms with Gasteiger partial charge in [0.25, 0.3) is 0 Å². The molecular weight excluding hydrogens is 172 g/mol. The molecule has 4 nitrogen and oxygen atoms in total. The van der Waals surface area contributed by atoms with Crippen molar-refractivity contribution in [3.05, 3.63) is 12.2 Å². The van der Waals surface area contributed by atoms with Crippen molar-refractivity contribution in [3.63, 3.8) is 0 Å². The number of carboxylic acids is 1. The number of aliphatic carboxylic acids is 1. The van der Waals surface area contributed by atoms with Crippen LogP contribution in [0.5, 0.6) is 0 Å². The lowest BCUT2D eigenvalue weighted by Gasteiger charge is -2.15. The summed E-state index contributed by atoms with van der Waals surface area (Å²) in [7, 11) is 0. The maximum atomic E-state index is 10.9. The van der Waals surface area contributed by atoms with Gasteiger partial charge in [0.2, 0.25) is 0 Å². The van der Waals surface area contributed by atoms with Crippen molar-refractivity contribution in [2.24, 2.45) is 5.92 Å². The van der Waals surface area contributed by atoms with Crippen LogP contribution in [0.4, 0.5) is 0 Å². The third-order valence-corrected chi connectivity index (χ3v) is 2.01. The SMILES string of the molecule is O=C(O)C=CC1CCC(=O)C(=O)C1. The van der Waals surface area contributed by atoms with Crippen molar-refractivity contribution in [3.8, 4) is 0 Å². The highest BCUT2D eigenvalue weighted by Gasteiger charge is 2.24. The third kappa shape index (κ3) is 2.82. The molecule has 1 aliphatic rings. The first-order valence-electron chi connectivity index (χ1n) is 4.06. The van der Waals surface area contributed by atoms with Gasteiger partial charge in [0.15, 0.2) is 11.6 Å². The Hall–Kier alpha value is -1.45. The number of carbonyl (C=O) groups excluding carboxylic acids is 2. The van der Waals surface area contributed by atoms with Gasteiger partial charge in [-0.15, -0.1) is 0 Å². The van der Waals surface area contributed by atoms with Gasteiger partial charge < -0.3 is 5.11 Å². The van der Waals surface area contributed by atoms with Crippen LogP contribution in [0.15, 0.2) is 12.2 Å². The molecule has 1 unspecified atom stereocenters. The molecule has 0 heterocycles. The quantitative estimate of drug-likeness (QED) is 0.500. The number of hydrogen-bond acceptors (Lipinski definition) is 3. The van der Waals surface area contributed by atoms with Gasteiger partial charge in [0, 0.05) is 18.9 Å². The normalized spacial score (nSPS) is 23.8. The molecule has 1 fully saturated rings. The molecule has 70 valence electrons. The molecule has 0 amide bonds. The summed E-state index contributed by atoms with van der Waals surface area (Å²) in [6.07, 6.45) is 3.48. The minimum absolute atomic E-state index is 0.0821. The minimum atomic E-state index is -1.02. The monoisotopic (exact) mass is 182 g/mol. The fourth-order valence-corrected chi connectivity index (χ4v) is 1.29. The van der Waals surface area contributed by atoms with E-state index >= 15 is 0 Å². The van der Waals surface area contributed by atoms with E-state index in [1.54, 1.807) is 0 Å². The summed E-state index contributed by atoms with van der Waals surface area (Å²) in [5.74, 6) is -1.82. The van der Waals surface area contributed by atoms with E-state index in [2.05, 4.69) is 0 Å². The van der Waals surface area contributed by atoms with Crippen molar-refractivity contribution in [1.29, 1.82) is 0 Å². The highest BCUT2D eigenvalue weighted by Crippen LogP contribution is 2.20. The van der Waals surface area contributed by atoms with E-state index in [4.69, 9.17) is 5.11 Å². The van der Waals surface area contributed by atoms with Crippen LogP contribution in [-0.2, 0) is 14.4 Å². The first-order chi connectivity index (χ1) is 6.09. The van der Waals surface area contributed by atoms with E-state index in [-0.39, 0.29) is 30.3 Å². The highest BCUT2D eigenvalue weighted by atomic mass is 16.4. The fraction of sp³-hybridized carbons (Fsp3) is 0.444. The topological polar surface area (TPSA) is 71.4 Å². The van der Waals surface area contributed by atoms with Crippen molar-refractivity contribution in [2.45, 2.75) is 19.3 Å². The number of carbonyl (C=O) groups is 3. The summed E-state index contributed by atoms with van der Waals surface area (Å²) in [6.45, 7) is 0. The van der Waals surface area contributed by atoms with Crippen molar-refractivity contribution < 1.29 is 19.5 Å². The number of ketones is 2. The van der Waals surface area contributed by atoms with E-state index in [1.807, 2.05) is 0 Å². The molecule has 0 spiro atoms. The van der Waals surface area contributed by atoms with Crippen LogP contribution in [0.25, 0.3) is 0 Å². The summed E-state index contributed by atoms with van der Waals surface area (Å²) in [6, 6.07) is 0. The van der Waals surface area contributed by atoms with Crippen LogP contribution in [0.3, 0.4) is 0 Å². The van der Waals surface area contributed by atoms with Crippen LogP contribution < -0.4 is 0 Å². The summed E-state index contributed by atoms with van der Waals surface area (Å²) in [5.41, 5.74) is 0. The lowest BCUT2D eigenvalue weighted by atomic mass is 9.87. The zero-order valence-electron chi connectivity index (χ0n) is 7.03. The van der Waals surface area contributed by atoms with Gasteiger partial charge in [-0.1, -0.05) is 6.08 Å². The average molecular weight is 182 g/mol. The lowest BCUT2D eigenvalue weighted by molar-refractivity contribution is -0.138. The smallest absolute Gasteiger partial charge is 0.327 e. The second kappa shape index (κ2) is 3.98.